The first kappa shape index (κ1) is 16.4. The summed E-state index contributed by atoms with van der Waals surface area (Å²) < 4.78 is 1.50. The average Bonchev–Trinajstić information content (AvgIpc) is 3.19. The maximum atomic E-state index is 10.6. The van der Waals surface area contributed by atoms with Crippen LogP contribution in [0.3, 0.4) is 0 Å². The third-order valence-corrected chi connectivity index (χ3v) is 4.68. The Morgan fingerprint density at radius 2 is 1.92 bits per heavy atom. The summed E-state index contributed by atoms with van der Waals surface area (Å²) in [7, 11) is 0. The van der Waals surface area contributed by atoms with E-state index >= 15 is 0 Å². The summed E-state index contributed by atoms with van der Waals surface area (Å²) in [5.74, 6) is -0.507. The van der Waals surface area contributed by atoms with Gasteiger partial charge in [-0.2, -0.15) is 0 Å². The first-order chi connectivity index (χ1) is 12.5. The van der Waals surface area contributed by atoms with Gasteiger partial charge in [0.05, 0.1) is 28.7 Å². The van der Waals surface area contributed by atoms with Crippen LogP contribution in [0.2, 0.25) is 5.02 Å². The number of fused-ring (bicyclic) bond motifs is 1. The third kappa shape index (κ3) is 2.38. The SMILES string of the molecule is CCc1c(O)c(O)n(-c2ccc3nc[nH]c3c2)c1-c1cc(Cl)ccc1O. The van der Waals surface area contributed by atoms with Crippen LogP contribution in [0.15, 0.2) is 42.7 Å². The van der Waals surface area contributed by atoms with Crippen LogP contribution in [0.5, 0.6) is 17.4 Å². The highest BCUT2D eigenvalue weighted by atomic mass is 35.5. The van der Waals surface area contributed by atoms with Crippen molar-refractivity contribution in [1.82, 2.24) is 14.5 Å². The molecule has 0 spiro atoms. The molecule has 2 heterocycles. The van der Waals surface area contributed by atoms with Gasteiger partial charge in [0, 0.05) is 16.1 Å². The van der Waals surface area contributed by atoms with E-state index in [0.29, 0.717) is 34.0 Å². The van der Waals surface area contributed by atoms with Crippen molar-refractivity contribution in [2.75, 3.05) is 0 Å². The zero-order valence-electron chi connectivity index (χ0n) is 13.9. The first-order valence-electron chi connectivity index (χ1n) is 8.09. The topological polar surface area (TPSA) is 94.3 Å². The van der Waals surface area contributed by atoms with E-state index in [2.05, 4.69) is 9.97 Å². The molecule has 4 N–H and O–H groups in total. The molecule has 0 aliphatic rings. The second-order valence-corrected chi connectivity index (χ2v) is 6.39. The van der Waals surface area contributed by atoms with Gasteiger partial charge in [-0.05, 0) is 42.8 Å². The van der Waals surface area contributed by atoms with Crippen LogP contribution < -0.4 is 0 Å². The van der Waals surface area contributed by atoms with Crippen molar-refractivity contribution in [3.8, 4) is 34.3 Å². The summed E-state index contributed by atoms with van der Waals surface area (Å²) in [6.45, 7) is 1.86. The Labute approximate surface area is 153 Å². The van der Waals surface area contributed by atoms with Crippen molar-refractivity contribution in [2.45, 2.75) is 13.3 Å². The zero-order valence-corrected chi connectivity index (χ0v) is 14.6. The number of benzene rings is 2. The molecule has 6 nitrogen and oxygen atoms in total. The van der Waals surface area contributed by atoms with E-state index in [-0.39, 0.29) is 17.4 Å². The first-order valence-corrected chi connectivity index (χ1v) is 8.47. The van der Waals surface area contributed by atoms with Crippen LogP contribution in [-0.4, -0.2) is 29.9 Å². The summed E-state index contributed by atoms with van der Waals surface area (Å²) in [5, 5.41) is 31.9. The van der Waals surface area contributed by atoms with Crippen molar-refractivity contribution >= 4 is 22.6 Å². The molecule has 2 aromatic heterocycles. The molecule has 7 heteroatoms. The van der Waals surface area contributed by atoms with E-state index < -0.39 is 0 Å². The maximum absolute atomic E-state index is 10.6. The smallest absolute Gasteiger partial charge is 0.240 e. The molecule has 0 saturated heterocycles. The fourth-order valence-electron chi connectivity index (χ4n) is 3.22. The Morgan fingerprint density at radius 1 is 1.12 bits per heavy atom. The molecular formula is C19H16ClN3O3. The second-order valence-electron chi connectivity index (χ2n) is 5.95. The number of nitrogens with zero attached hydrogens (tertiary/aromatic N) is 2. The monoisotopic (exact) mass is 369 g/mol. The second kappa shape index (κ2) is 6.00. The number of aromatic hydroxyl groups is 3. The van der Waals surface area contributed by atoms with Crippen molar-refractivity contribution in [3.63, 3.8) is 0 Å². The van der Waals surface area contributed by atoms with Crippen LogP contribution in [-0.2, 0) is 6.42 Å². The molecule has 0 aliphatic heterocycles. The van der Waals surface area contributed by atoms with Crippen LogP contribution in [0.25, 0.3) is 28.0 Å². The highest BCUT2D eigenvalue weighted by Gasteiger charge is 2.25. The Kier molecular flexibility index (Phi) is 3.77. The van der Waals surface area contributed by atoms with E-state index in [1.54, 1.807) is 24.5 Å². The van der Waals surface area contributed by atoms with E-state index in [1.165, 1.54) is 10.6 Å². The van der Waals surface area contributed by atoms with Crippen LogP contribution in [0.4, 0.5) is 0 Å². The Morgan fingerprint density at radius 3 is 2.69 bits per heavy atom. The van der Waals surface area contributed by atoms with Crippen molar-refractivity contribution < 1.29 is 15.3 Å². The summed E-state index contributed by atoms with van der Waals surface area (Å²) in [4.78, 5) is 7.21. The van der Waals surface area contributed by atoms with E-state index in [1.807, 2.05) is 19.1 Å². The van der Waals surface area contributed by atoms with E-state index in [0.717, 1.165) is 11.0 Å². The van der Waals surface area contributed by atoms with Crippen molar-refractivity contribution in [1.29, 1.82) is 0 Å². The highest BCUT2D eigenvalue weighted by molar-refractivity contribution is 6.31. The average molecular weight is 370 g/mol. The molecule has 4 rings (SSSR count). The highest BCUT2D eigenvalue weighted by Crippen LogP contribution is 2.46. The van der Waals surface area contributed by atoms with E-state index in [9.17, 15) is 15.3 Å². The van der Waals surface area contributed by atoms with Gasteiger partial charge in [0.25, 0.3) is 0 Å². The molecular weight excluding hydrogens is 354 g/mol. The minimum absolute atomic E-state index is 0.00506. The lowest BCUT2D eigenvalue weighted by molar-refractivity contribution is 0.385. The predicted octanol–water partition coefficient (Wildman–Crippen LogP) is 4.35. The molecule has 0 radical (unpaired) electrons. The maximum Gasteiger partial charge on any atom is 0.240 e. The molecule has 4 aromatic rings. The third-order valence-electron chi connectivity index (χ3n) is 4.45. The van der Waals surface area contributed by atoms with Crippen LogP contribution >= 0.6 is 11.6 Å². The zero-order chi connectivity index (χ0) is 18.4. The Balaban J connectivity index is 2.07. The molecule has 0 unspecified atom stereocenters. The number of rotatable bonds is 3. The van der Waals surface area contributed by atoms with Crippen LogP contribution in [0, 0.1) is 0 Å². The largest absolute Gasteiger partial charge is 0.507 e. The van der Waals surface area contributed by atoms with Crippen molar-refractivity contribution in [2.24, 2.45) is 0 Å². The molecule has 0 atom stereocenters. The molecule has 132 valence electrons. The summed E-state index contributed by atoms with van der Waals surface area (Å²) in [6.07, 6.45) is 2.04. The molecule has 26 heavy (non-hydrogen) atoms. The van der Waals surface area contributed by atoms with Gasteiger partial charge >= 0.3 is 0 Å². The fraction of sp³-hybridized carbons (Fsp3) is 0.105. The minimum Gasteiger partial charge on any atom is -0.507 e. The lowest BCUT2D eigenvalue weighted by Gasteiger charge is -2.13. The number of aromatic amines is 1. The van der Waals surface area contributed by atoms with Gasteiger partial charge in [0.2, 0.25) is 5.88 Å². The molecule has 0 amide bonds. The fourth-order valence-corrected chi connectivity index (χ4v) is 3.40. The number of phenols is 1. The molecule has 0 fully saturated rings. The molecule has 0 aliphatic carbocycles. The summed E-state index contributed by atoms with van der Waals surface area (Å²) in [6, 6.07) is 10.1. The number of H-pyrrole nitrogens is 1. The molecule has 0 saturated carbocycles. The number of hydrogen-bond acceptors (Lipinski definition) is 4. The number of imidazole rings is 1. The van der Waals surface area contributed by atoms with Gasteiger partial charge in [-0.15, -0.1) is 0 Å². The normalized spacial score (nSPS) is 11.3. The standard InChI is InChI=1S/C19H16ClN3O3/c1-2-12-17(13-7-10(20)3-6-16(13)24)23(19(26)18(12)25)11-4-5-14-15(8-11)22-9-21-14/h3-9,24-26H,2H2,1H3,(H,21,22). The summed E-state index contributed by atoms with van der Waals surface area (Å²) >= 11 is 6.11. The van der Waals surface area contributed by atoms with Gasteiger partial charge < -0.3 is 20.3 Å². The van der Waals surface area contributed by atoms with Crippen molar-refractivity contribution in [3.05, 3.63) is 53.3 Å². The minimum atomic E-state index is -0.296. The number of hydrogen-bond donors (Lipinski definition) is 4. The van der Waals surface area contributed by atoms with Gasteiger partial charge in [-0.3, -0.25) is 4.57 Å². The predicted molar refractivity (Wildman–Crippen MR) is 100 cm³/mol. The lowest BCUT2D eigenvalue weighted by Crippen LogP contribution is -1.98. The van der Waals surface area contributed by atoms with Gasteiger partial charge in [-0.25, -0.2) is 4.98 Å². The summed E-state index contributed by atoms with van der Waals surface area (Å²) in [5.41, 5.74) is 3.62. The quantitative estimate of drug-likeness (QED) is 0.431. The number of halogens is 1. The number of nitrogens with one attached hydrogen (secondary N) is 1. The molecule has 2 aromatic carbocycles. The number of aromatic nitrogens is 3. The van der Waals surface area contributed by atoms with Gasteiger partial charge in [0.15, 0.2) is 5.75 Å². The molecule has 0 bridgehead atoms. The lowest BCUT2D eigenvalue weighted by atomic mass is 10.0. The van der Waals surface area contributed by atoms with E-state index in [4.69, 9.17) is 11.6 Å². The van der Waals surface area contributed by atoms with Gasteiger partial charge in [0.1, 0.15) is 5.75 Å². The Hall–Kier alpha value is -3.12. The Bertz CT molecular complexity index is 1130. The van der Waals surface area contributed by atoms with Crippen LogP contribution in [0.1, 0.15) is 12.5 Å². The van der Waals surface area contributed by atoms with Gasteiger partial charge in [-0.1, -0.05) is 18.5 Å². The number of phenolic OH excluding ortho intramolecular Hbond substituents is 1.